The van der Waals surface area contributed by atoms with Crippen LogP contribution in [0.4, 0.5) is 11.5 Å². The molecule has 18 heavy (non-hydrogen) atoms. The Morgan fingerprint density at radius 2 is 2.22 bits per heavy atom. The second-order valence-electron chi connectivity index (χ2n) is 4.81. The number of aryl methyl sites for hydroxylation is 1. The Morgan fingerprint density at radius 3 is 2.89 bits per heavy atom. The van der Waals surface area contributed by atoms with Crippen molar-refractivity contribution in [2.75, 3.05) is 5.32 Å². The van der Waals surface area contributed by atoms with Crippen LogP contribution in [0.2, 0.25) is 0 Å². The molecule has 0 amide bonds. The van der Waals surface area contributed by atoms with Gasteiger partial charge in [-0.3, -0.25) is 10.1 Å². The minimum atomic E-state index is -0.386. The summed E-state index contributed by atoms with van der Waals surface area (Å²) in [5.74, 6) is 0.537. The Hall–Kier alpha value is -1.69. The van der Waals surface area contributed by atoms with Crippen molar-refractivity contribution in [1.82, 2.24) is 4.98 Å². The minimum absolute atomic E-state index is 0.0943. The molecule has 0 spiro atoms. The van der Waals surface area contributed by atoms with E-state index in [0.717, 1.165) is 25.7 Å². The number of nitrogens with one attached hydrogen (secondary N) is 1. The number of hydrogen-bond acceptors (Lipinski definition) is 5. The van der Waals surface area contributed by atoms with E-state index < -0.39 is 0 Å². The fourth-order valence-corrected chi connectivity index (χ4v) is 2.32. The van der Waals surface area contributed by atoms with E-state index in [1.54, 1.807) is 6.92 Å². The van der Waals surface area contributed by atoms with Crippen LogP contribution in [0.15, 0.2) is 12.3 Å². The molecule has 0 unspecified atom stereocenters. The quantitative estimate of drug-likeness (QED) is 0.632. The van der Waals surface area contributed by atoms with Crippen LogP contribution in [0.25, 0.3) is 0 Å². The fraction of sp³-hybridized carbons (Fsp3) is 0.583. The topological polar surface area (TPSA) is 94.1 Å². The first kappa shape index (κ1) is 12.8. The molecule has 2 atom stereocenters. The maximum absolute atomic E-state index is 10.9. The van der Waals surface area contributed by atoms with Crippen LogP contribution in [0, 0.1) is 17.0 Å². The Labute approximate surface area is 106 Å². The van der Waals surface area contributed by atoms with Gasteiger partial charge in [-0.2, -0.15) is 0 Å². The number of anilines is 1. The van der Waals surface area contributed by atoms with E-state index in [-0.39, 0.29) is 22.7 Å². The molecule has 6 nitrogen and oxygen atoms in total. The molecule has 1 aliphatic carbocycles. The number of nitro groups is 1. The lowest BCUT2D eigenvalue weighted by atomic mass is 9.91. The van der Waals surface area contributed by atoms with Gasteiger partial charge in [0.05, 0.1) is 11.0 Å². The third-order valence-corrected chi connectivity index (χ3v) is 3.42. The molecule has 1 aromatic heterocycles. The summed E-state index contributed by atoms with van der Waals surface area (Å²) in [6.45, 7) is 1.68. The molecule has 6 heteroatoms. The summed E-state index contributed by atoms with van der Waals surface area (Å²) in [7, 11) is 0. The number of nitrogens with zero attached hydrogens (tertiary/aromatic N) is 2. The van der Waals surface area contributed by atoms with E-state index in [9.17, 15) is 10.1 Å². The maximum atomic E-state index is 10.9. The van der Waals surface area contributed by atoms with Crippen LogP contribution < -0.4 is 11.1 Å². The van der Waals surface area contributed by atoms with Crippen molar-refractivity contribution in [3.05, 3.63) is 27.9 Å². The molecule has 1 heterocycles. The van der Waals surface area contributed by atoms with Crippen molar-refractivity contribution in [2.45, 2.75) is 44.7 Å². The van der Waals surface area contributed by atoms with E-state index in [1.807, 2.05) is 0 Å². The van der Waals surface area contributed by atoms with Gasteiger partial charge in [-0.15, -0.1) is 0 Å². The summed E-state index contributed by atoms with van der Waals surface area (Å²) >= 11 is 0. The molecule has 1 fully saturated rings. The highest BCUT2D eigenvalue weighted by Gasteiger charge is 2.22. The Balaban J connectivity index is 2.14. The van der Waals surface area contributed by atoms with Gasteiger partial charge in [-0.1, -0.05) is 12.8 Å². The zero-order valence-corrected chi connectivity index (χ0v) is 10.4. The van der Waals surface area contributed by atoms with Gasteiger partial charge in [-0.25, -0.2) is 4.98 Å². The number of pyridine rings is 1. The largest absolute Gasteiger partial charge is 0.366 e. The Kier molecular flexibility index (Phi) is 3.76. The molecular formula is C12H18N4O2. The van der Waals surface area contributed by atoms with Crippen molar-refractivity contribution in [2.24, 2.45) is 5.73 Å². The summed E-state index contributed by atoms with van der Waals surface area (Å²) in [6.07, 6.45) is 5.80. The third kappa shape index (κ3) is 2.76. The number of rotatable bonds is 3. The van der Waals surface area contributed by atoms with Crippen LogP contribution in [0.5, 0.6) is 0 Å². The SMILES string of the molecule is Cc1cnc(N[C@@H]2CCCC[C@H]2N)cc1[N+](=O)[O-]. The molecule has 98 valence electrons. The lowest BCUT2D eigenvalue weighted by Gasteiger charge is -2.29. The highest BCUT2D eigenvalue weighted by Crippen LogP contribution is 2.24. The van der Waals surface area contributed by atoms with Crippen LogP contribution >= 0.6 is 0 Å². The average molecular weight is 250 g/mol. The average Bonchev–Trinajstić information content (AvgIpc) is 2.34. The van der Waals surface area contributed by atoms with Gasteiger partial charge in [0.1, 0.15) is 5.82 Å². The third-order valence-electron chi connectivity index (χ3n) is 3.42. The first-order valence-electron chi connectivity index (χ1n) is 6.21. The van der Waals surface area contributed by atoms with E-state index in [1.165, 1.54) is 12.3 Å². The maximum Gasteiger partial charge on any atom is 0.277 e. The van der Waals surface area contributed by atoms with Gasteiger partial charge < -0.3 is 11.1 Å². The number of hydrogen-bond donors (Lipinski definition) is 2. The van der Waals surface area contributed by atoms with Crippen molar-refractivity contribution in [1.29, 1.82) is 0 Å². The van der Waals surface area contributed by atoms with Gasteiger partial charge in [0.15, 0.2) is 0 Å². The molecule has 1 aliphatic rings. The number of nitrogens with two attached hydrogens (primary N) is 1. The summed E-state index contributed by atoms with van der Waals surface area (Å²) in [4.78, 5) is 14.6. The second kappa shape index (κ2) is 5.30. The molecule has 1 aromatic rings. The minimum Gasteiger partial charge on any atom is -0.366 e. The highest BCUT2D eigenvalue weighted by molar-refractivity contribution is 5.49. The Bertz CT molecular complexity index is 450. The van der Waals surface area contributed by atoms with Crippen LogP contribution in [0.1, 0.15) is 31.2 Å². The molecule has 0 aromatic carbocycles. The Morgan fingerprint density at radius 1 is 1.50 bits per heavy atom. The smallest absolute Gasteiger partial charge is 0.277 e. The summed E-state index contributed by atoms with van der Waals surface area (Å²) < 4.78 is 0. The molecule has 2 rings (SSSR count). The van der Waals surface area contributed by atoms with Crippen molar-refractivity contribution >= 4 is 11.5 Å². The van der Waals surface area contributed by atoms with Gasteiger partial charge in [0, 0.05) is 23.8 Å². The van der Waals surface area contributed by atoms with Crippen molar-refractivity contribution in [3.8, 4) is 0 Å². The molecule has 3 N–H and O–H groups in total. The van der Waals surface area contributed by atoms with Gasteiger partial charge >= 0.3 is 0 Å². The fourth-order valence-electron chi connectivity index (χ4n) is 2.32. The molecule has 0 radical (unpaired) electrons. The van der Waals surface area contributed by atoms with Crippen molar-refractivity contribution in [3.63, 3.8) is 0 Å². The molecule has 1 saturated carbocycles. The van der Waals surface area contributed by atoms with E-state index >= 15 is 0 Å². The predicted octanol–water partition coefficient (Wildman–Crippen LogP) is 1.98. The monoisotopic (exact) mass is 250 g/mol. The molecule has 0 aliphatic heterocycles. The molecule has 0 saturated heterocycles. The van der Waals surface area contributed by atoms with Gasteiger partial charge in [0.2, 0.25) is 0 Å². The molecule has 0 bridgehead atoms. The van der Waals surface area contributed by atoms with Crippen molar-refractivity contribution < 1.29 is 4.92 Å². The zero-order valence-electron chi connectivity index (χ0n) is 10.4. The first-order valence-corrected chi connectivity index (χ1v) is 6.21. The summed E-state index contributed by atoms with van der Waals surface area (Å²) in [6, 6.07) is 1.74. The summed E-state index contributed by atoms with van der Waals surface area (Å²) in [5.41, 5.74) is 6.69. The molecular weight excluding hydrogens is 232 g/mol. The highest BCUT2D eigenvalue weighted by atomic mass is 16.6. The lowest BCUT2D eigenvalue weighted by Crippen LogP contribution is -2.42. The number of aromatic nitrogens is 1. The standard InChI is InChI=1S/C12H18N4O2/c1-8-7-14-12(6-11(8)16(17)18)15-10-5-3-2-4-9(10)13/h6-7,9-10H,2-5,13H2,1H3,(H,14,15)/t9-,10-/m1/s1. The lowest BCUT2D eigenvalue weighted by molar-refractivity contribution is -0.385. The first-order chi connectivity index (χ1) is 8.58. The van der Waals surface area contributed by atoms with Crippen LogP contribution in [-0.2, 0) is 0 Å². The van der Waals surface area contributed by atoms with E-state index in [2.05, 4.69) is 10.3 Å². The normalized spacial score (nSPS) is 23.7. The summed E-state index contributed by atoms with van der Waals surface area (Å²) in [5, 5.41) is 14.1. The van der Waals surface area contributed by atoms with Crippen LogP contribution in [0.3, 0.4) is 0 Å². The zero-order chi connectivity index (χ0) is 13.1. The van der Waals surface area contributed by atoms with Gasteiger partial charge in [0.25, 0.3) is 5.69 Å². The second-order valence-corrected chi connectivity index (χ2v) is 4.81. The predicted molar refractivity (Wildman–Crippen MR) is 69.5 cm³/mol. The van der Waals surface area contributed by atoms with Gasteiger partial charge in [-0.05, 0) is 19.8 Å². The van der Waals surface area contributed by atoms with Crippen LogP contribution in [-0.4, -0.2) is 22.0 Å². The van der Waals surface area contributed by atoms with E-state index in [0.29, 0.717) is 11.4 Å². The van der Waals surface area contributed by atoms with E-state index in [4.69, 9.17) is 5.73 Å².